The van der Waals surface area contributed by atoms with E-state index < -0.39 is 6.36 Å². The first-order valence-electron chi connectivity index (χ1n) is 11.2. The zero-order chi connectivity index (χ0) is 23.4. The summed E-state index contributed by atoms with van der Waals surface area (Å²) in [5.41, 5.74) is 1.51. The van der Waals surface area contributed by atoms with Crippen molar-refractivity contribution in [2.24, 2.45) is 0 Å². The molecule has 0 spiro atoms. The second-order valence-corrected chi connectivity index (χ2v) is 8.50. The molecular formula is C26H28ClF3N2O2. The van der Waals surface area contributed by atoms with Crippen LogP contribution in [0.5, 0.6) is 5.75 Å². The summed E-state index contributed by atoms with van der Waals surface area (Å²) in [6.07, 6.45) is -0.870. The van der Waals surface area contributed by atoms with Crippen LogP contribution in [-0.4, -0.2) is 24.4 Å². The van der Waals surface area contributed by atoms with Crippen molar-refractivity contribution in [3.8, 4) is 5.75 Å². The fourth-order valence-electron chi connectivity index (χ4n) is 4.60. The van der Waals surface area contributed by atoms with Gasteiger partial charge in [-0.3, -0.25) is 4.79 Å². The van der Waals surface area contributed by atoms with E-state index in [1.807, 2.05) is 12.1 Å². The molecule has 2 N–H and O–H groups in total. The van der Waals surface area contributed by atoms with E-state index in [9.17, 15) is 18.0 Å². The summed E-state index contributed by atoms with van der Waals surface area (Å²) in [5, 5.41) is 9.19. The molecule has 1 aliphatic rings. The number of carbonyl (C=O) groups excluding carboxylic acids is 1. The van der Waals surface area contributed by atoms with E-state index in [4.69, 9.17) is 0 Å². The third-order valence-electron chi connectivity index (χ3n) is 6.19. The van der Waals surface area contributed by atoms with Crippen LogP contribution in [0.3, 0.4) is 0 Å². The maximum absolute atomic E-state index is 12.8. The smallest absolute Gasteiger partial charge is 0.406 e. The molecule has 0 radical (unpaired) electrons. The highest BCUT2D eigenvalue weighted by Gasteiger charge is 2.31. The molecule has 3 aromatic carbocycles. The van der Waals surface area contributed by atoms with Gasteiger partial charge in [-0.25, -0.2) is 0 Å². The molecule has 182 valence electrons. The molecule has 8 heteroatoms. The topological polar surface area (TPSA) is 50.4 Å². The number of ether oxygens (including phenoxy) is 1. The first-order valence-corrected chi connectivity index (χ1v) is 11.2. The van der Waals surface area contributed by atoms with Crippen LogP contribution in [0.4, 0.5) is 13.2 Å². The van der Waals surface area contributed by atoms with Crippen molar-refractivity contribution in [3.05, 3.63) is 77.9 Å². The lowest BCUT2D eigenvalue weighted by Gasteiger charge is -2.35. The zero-order valence-electron chi connectivity index (χ0n) is 18.8. The minimum Gasteiger partial charge on any atom is -0.406 e. The third-order valence-corrected chi connectivity index (χ3v) is 6.19. The molecule has 1 fully saturated rings. The first kappa shape index (κ1) is 25.8. The van der Waals surface area contributed by atoms with Crippen LogP contribution in [0, 0.1) is 0 Å². The van der Waals surface area contributed by atoms with Gasteiger partial charge in [-0.2, -0.15) is 0 Å². The Balaban J connectivity index is 0.00000324. The Labute approximate surface area is 203 Å². The Morgan fingerprint density at radius 1 is 0.941 bits per heavy atom. The maximum atomic E-state index is 12.8. The molecule has 1 saturated carbocycles. The van der Waals surface area contributed by atoms with Gasteiger partial charge >= 0.3 is 6.36 Å². The quantitative estimate of drug-likeness (QED) is 0.410. The average molecular weight is 493 g/mol. The number of halogens is 4. The van der Waals surface area contributed by atoms with Crippen molar-refractivity contribution in [1.29, 1.82) is 0 Å². The van der Waals surface area contributed by atoms with Gasteiger partial charge in [0, 0.05) is 23.7 Å². The number of hydrogen-bond donors (Lipinski definition) is 2. The van der Waals surface area contributed by atoms with Crippen LogP contribution in [0.2, 0.25) is 0 Å². The van der Waals surface area contributed by atoms with E-state index in [2.05, 4.69) is 52.6 Å². The number of benzene rings is 3. The van der Waals surface area contributed by atoms with Gasteiger partial charge in [0.1, 0.15) is 5.75 Å². The summed E-state index contributed by atoms with van der Waals surface area (Å²) in [7, 11) is 0. The Morgan fingerprint density at radius 2 is 1.59 bits per heavy atom. The van der Waals surface area contributed by atoms with Crippen LogP contribution < -0.4 is 15.4 Å². The van der Waals surface area contributed by atoms with Crippen molar-refractivity contribution in [3.63, 3.8) is 0 Å². The monoisotopic (exact) mass is 492 g/mol. The highest BCUT2D eigenvalue weighted by molar-refractivity contribution is 5.94. The van der Waals surface area contributed by atoms with E-state index in [0.29, 0.717) is 5.56 Å². The van der Waals surface area contributed by atoms with Crippen molar-refractivity contribution in [1.82, 2.24) is 10.6 Å². The van der Waals surface area contributed by atoms with Crippen molar-refractivity contribution in [2.75, 3.05) is 0 Å². The second-order valence-electron chi connectivity index (χ2n) is 8.50. The Kier molecular flexibility index (Phi) is 8.44. The highest BCUT2D eigenvalue weighted by Crippen LogP contribution is 2.27. The number of rotatable bonds is 6. The number of hydrogen-bond acceptors (Lipinski definition) is 3. The summed E-state index contributed by atoms with van der Waals surface area (Å²) in [6.45, 7) is 2.13. The Bertz CT molecular complexity index is 1100. The van der Waals surface area contributed by atoms with Gasteiger partial charge in [-0.05, 0) is 60.4 Å². The van der Waals surface area contributed by atoms with Crippen LogP contribution in [-0.2, 0) is 0 Å². The van der Waals surface area contributed by atoms with Crippen LogP contribution >= 0.6 is 12.4 Å². The molecule has 1 amide bonds. The Hall–Kier alpha value is -2.77. The SMILES string of the molecule is C[C@@H](N[C@@H]1CCCC[C@H]1NC(=O)c1ccc(OC(F)(F)F)cc1)c1cccc2ccccc12.Cl. The molecule has 34 heavy (non-hydrogen) atoms. The first-order chi connectivity index (χ1) is 15.8. The lowest BCUT2D eigenvalue weighted by molar-refractivity contribution is -0.274. The van der Waals surface area contributed by atoms with Crippen molar-refractivity contribution in [2.45, 2.75) is 57.1 Å². The molecule has 4 rings (SSSR count). The molecule has 3 atom stereocenters. The van der Waals surface area contributed by atoms with E-state index >= 15 is 0 Å². The number of fused-ring (bicyclic) bond motifs is 1. The predicted molar refractivity (Wildman–Crippen MR) is 129 cm³/mol. The normalized spacial score (nSPS) is 19.2. The average Bonchev–Trinajstić information content (AvgIpc) is 2.79. The van der Waals surface area contributed by atoms with Crippen LogP contribution in [0.1, 0.15) is 54.6 Å². The Morgan fingerprint density at radius 3 is 2.29 bits per heavy atom. The van der Waals surface area contributed by atoms with E-state index in [0.717, 1.165) is 37.8 Å². The predicted octanol–water partition coefficient (Wildman–Crippen LogP) is 6.55. The van der Waals surface area contributed by atoms with E-state index in [-0.39, 0.29) is 42.2 Å². The van der Waals surface area contributed by atoms with Crippen LogP contribution in [0.25, 0.3) is 10.8 Å². The fraction of sp³-hybridized carbons (Fsp3) is 0.346. The molecule has 0 saturated heterocycles. The maximum Gasteiger partial charge on any atom is 0.573 e. The lowest BCUT2D eigenvalue weighted by Crippen LogP contribution is -2.52. The zero-order valence-corrected chi connectivity index (χ0v) is 19.6. The van der Waals surface area contributed by atoms with Gasteiger partial charge in [0.15, 0.2) is 0 Å². The molecular weight excluding hydrogens is 465 g/mol. The highest BCUT2D eigenvalue weighted by atomic mass is 35.5. The molecule has 0 unspecified atom stereocenters. The molecule has 0 aromatic heterocycles. The van der Waals surface area contributed by atoms with Gasteiger partial charge in [-0.15, -0.1) is 25.6 Å². The summed E-state index contributed by atoms with van der Waals surface area (Å²) in [4.78, 5) is 12.8. The number of alkyl halides is 3. The number of carbonyl (C=O) groups is 1. The minimum atomic E-state index is -4.76. The van der Waals surface area contributed by atoms with Gasteiger partial charge in [0.2, 0.25) is 0 Å². The van der Waals surface area contributed by atoms with E-state index in [1.165, 1.54) is 28.5 Å². The van der Waals surface area contributed by atoms with Gasteiger partial charge < -0.3 is 15.4 Å². The molecule has 3 aromatic rings. The molecule has 0 heterocycles. The van der Waals surface area contributed by atoms with Gasteiger partial charge in [0.25, 0.3) is 5.91 Å². The molecule has 0 aliphatic heterocycles. The van der Waals surface area contributed by atoms with Gasteiger partial charge in [-0.1, -0.05) is 55.3 Å². The third kappa shape index (κ3) is 6.42. The second kappa shape index (κ2) is 11.1. The standard InChI is InChI=1S/C26H27F3N2O2.ClH/c1-17(21-10-6-8-18-7-2-3-9-22(18)21)30-23-11-4-5-12-24(23)31-25(32)19-13-15-20(16-14-19)33-26(27,28)29;/h2-3,6-10,13-17,23-24,30H,4-5,11-12H2,1H3,(H,31,32);1H/t17-,23-,24-;/m1./s1. The summed E-state index contributed by atoms with van der Waals surface area (Å²) in [6, 6.07) is 19.7. The molecule has 1 aliphatic carbocycles. The lowest BCUT2D eigenvalue weighted by atomic mass is 9.88. The fourth-order valence-corrected chi connectivity index (χ4v) is 4.60. The number of nitrogens with one attached hydrogen (secondary N) is 2. The van der Waals surface area contributed by atoms with Gasteiger partial charge in [0.05, 0.1) is 0 Å². The summed E-state index contributed by atoms with van der Waals surface area (Å²) >= 11 is 0. The largest absolute Gasteiger partial charge is 0.573 e. The van der Waals surface area contributed by atoms with Crippen molar-refractivity contribution < 1.29 is 22.7 Å². The summed E-state index contributed by atoms with van der Waals surface area (Å²) < 4.78 is 40.9. The molecule has 4 nitrogen and oxygen atoms in total. The molecule has 0 bridgehead atoms. The number of amides is 1. The minimum absolute atomic E-state index is 0. The van der Waals surface area contributed by atoms with Crippen LogP contribution in [0.15, 0.2) is 66.7 Å². The van der Waals surface area contributed by atoms with E-state index in [1.54, 1.807) is 0 Å². The van der Waals surface area contributed by atoms with Crippen molar-refractivity contribution >= 4 is 29.1 Å². The summed E-state index contributed by atoms with van der Waals surface area (Å²) in [5.74, 6) is -0.648.